The van der Waals surface area contributed by atoms with Gasteiger partial charge in [-0.2, -0.15) is 0 Å². The van der Waals surface area contributed by atoms with Gasteiger partial charge < -0.3 is 10.5 Å². The minimum atomic E-state index is -1.35. The first-order valence-corrected chi connectivity index (χ1v) is 7.03. The summed E-state index contributed by atoms with van der Waals surface area (Å²) in [5.41, 5.74) is 5.19. The molecule has 2 aromatic carbocycles. The Balaban J connectivity index is 2.28. The molecule has 0 saturated carbocycles. The monoisotopic (exact) mass is 275 g/mol. The summed E-state index contributed by atoms with van der Waals surface area (Å²) in [5.74, 6) is 0. The van der Waals surface area contributed by atoms with Gasteiger partial charge in [-0.15, -0.1) is 0 Å². The molecule has 2 rings (SSSR count). The van der Waals surface area contributed by atoms with Crippen molar-refractivity contribution in [3.8, 4) is 0 Å². The van der Waals surface area contributed by atoms with Gasteiger partial charge >= 0.3 is 0 Å². The summed E-state index contributed by atoms with van der Waals surface area (Å²) in [6.45, 7) is 0.612. The van der Waals surface area contributed by atoms with Gasteiger partial charge in [-0.1, -0.05) is 42.5 Å². The summed E-state index contributed by atoms with van der Waals surface area (Å²) in [5, 5.41) is 2.25. The highest BCUT2D eigenvalue weighted by atomic mass is 19.1. The van der Waals surface area contributed by atoms with Gasteiger partial charge in [0.15, 0.2) is 0 Å². The highest BCUT2D eigenvalue weighted by Gasteiger charge is 2.30. The number of benzene rings is 2. The molecule has 0 bridgehead atoms. The van der Waals surface area contributed by atoms with E-state index in [9.17, 15) is 0 Å². The lowest BCUT2D eigenvalue weighted by molar-refractivity contribution is 0.0337. The topological polar surface area (TPSA) is 35.2 Å². The average Bonchev–Trinajstić information content (AvgIpc) is 2.46. The van der Waals surface area contributed by atoms with Crippen LogP contribution in [0.3, 0.4) is 0 Å². The fourth-order valence-electron chi connectivity index (χ4n) is 2.68. The molecular formula is C17H22FNO. The SMILES string of the molecule is COCC(F)(CCCN)Cc1cccc2ccccc12. The number of ether oxygens (including phenoxy) is 1. The van der Waals surface area contributed by atoms with E-state index in [4.69, 9.17) is 10.5 Å². The van der Waals surface area contributed by atoms with Crippen LogP contribution in [0.1, 0.15) is 18.4 Å². The zero-order valence-corrected chi connectivity index (χ0v) is 11.9. The maximum absolute atomic E-state index is 15.0. The van der Waals surface area contributed by atoms with Crippen molar-refractivity contribution < 1.29 is 9.13 Å². The molecule has 0 radical (unpaired) electrons. The summed E-state index contributed by atoms with van der Waals surface area (Å²) < 4.78 is 20.1. The zero-order valence-electron chi connectivity index (χ0n) is 11.9. The van der Waals surface area contributed by atoms with Crippen LogP contribution in [0.5, 0.6) is 0 Å². The molecule has 2 N–H and O–H groups in total. The molecule has 1 atom stereocenters. The first-order chi connectivity index (χ1) is 9.68. The lowest BCUT2D eigenvalue weighted by atomic mass is 9.90. The molecular weight excluding hydrogens is 253 g/mol. The Bertz CT molecular complexity index is 552. The van der Waals surface area contributed by atoms with Gasteiger partial charge in [0.05, 0.1) is 6.61 Å². The number of nitrogens with two attached hydrogens (primary N) is 1. The Labute approximate surface area is 119 Å². The lowest BCUT2D eigenvalue weighted by Gasteiger charge is -2.25. The largest absolute Gasteiger partial charge is 0.381 e. The van der Waals surface area contributed by atoms with Gasteiger partial charge in [0.2, 0.25) is 0 Å². The molecule has 0 amide bonds. The molecule has 108 valence electrons. The van der Waals surface area contributed by atoms with E-state index in [0.29, 0.717) is 25.8 Å². The van der Waals surface area contributed by atoms with Gasteiger partial charge in [-0.3, -0.25) is 0 Å². The minimum absolute atomic E-state index is 0.107. The third-order valence-electron chi connectivity index (χ3n) is 3.62. The van der Waals surface area contributed by atoms with Gasteiger partial charge in [-0.05, 0) is 35.7 Å². The predicted molar refractivity (Wildman–Crippen MR) is 81.7 cm³/mol. The van der Waals surface area contributed by atoms with Crippen molar-refractivity contribution >= 4 is 10.8 Å². The van der Waals surface area contributed by atoms with Crippen LogP contribution in [0.2, 0.25) is 0 Å². The highest BCUT2D eigenvalue weighted by Crippen LogP contribution is 2.28. The van der Waals surface area contributed by atoms with Gasteiger partial charge in [0, 0.05) is 13.5 Å². The first-order valence-electron chi connectivity index (χ1n) is 7.03. The summed E-state index contributed by atoms with van der Waals surface area (Å²) in [6, 6.07) is 14.1. The van der Waals surface area contributed by atoms with Crippen molar-refractivity contribution in [2.45, 2.75) is 24.9 Å². The fourth-order valence-corrected chi connectivity index (χ4v) is 2.68. The molecule has 0 aliphatic heterocycles. The standard InChI is InChI=1S/C17H22FNO/c1-20-13-17(18,10-5-11-19)12-15-8-4-7-14-6-2-3-9-16(14)15/h2-4,6-9H,5,10-13,19H2,1H3. The van der Waals surface area contributed by atoms with E-state index in [1.165, 1.54) is 0 Å². The molecule has 1 unspecified atom stereocenters. The van der Waals surface area contributed by atoms with Crippen LogP contribution in [-0.4, -0.2) is 25.9 Å². The minimum Gasteiger partial charge on any atom is -0.381 e. The molecule has 0 fully saturated rings. The first kappa shape index (κ1) is 14.9. The molecule has 0 saturated heterocycles. The van der Waals surface area contributed by atoms with Gasteiger partial charge in [0.25, 0.3) is 0 Å². The summed E-state index contributed by atoms with van der Waals surface area (Å²) in [4.78, 5) is 0. The van der Waals surface area contributed by atoms with Crippen molar-refractivity contribution in [1.82, 2.24) is 0 Å². The van der Waals surface area contributed by atoms with E-state index in [0.717, 1.165) is 16.3 Å². The molecule has 3 heteroatoms. The van der Waals surface area contributed by atoms with Crippen molar-refractivity contribution in [2.24, 2.45) is 5.73 Å². The molecule has 2 nitrogen and oxygen atoms in total. The molecule has 0 aromatic heterocycles. The van der Waals surface area contributed by atoms with E-state index in [1.807, 2.05) is 30.3 Å². The second-order valence-electron chi connectivity index (χ2n) is 5.29. The van der Waals surface area contributed by atoms with Gasteiger partial charge in [0.1, 0.15) is 5.67 Å². The van der Waals surface area contributed by atoms with Crippen molar-refractivity contribution in [3.05, 3.63) is 48.0 Å². The third kappa shape index (κ3) is 3.56. The highest BCUT2D eigenvalue weighted by molar-refractivity contribution is 5.85. The van der Waals surface area contributed by atoms with E-state index in [-0.39, 0.29) is 6.61 Å². The van der Waals surface area contributed by atoms with E-state index >= 15 is 4.39 Å². The van der Waals surface area contributed by atoms with E-state index in [1.54, 1.807) is 7.11 Å². The Hall–Kier alpha value is -1.45. The van der Waals surface area contributed by atoms with Crippen LogP contribution in [0, 0.1) is 0 Å². The number of hydrogen-bond donors (Lipinski definition) is 1. The molecule has 2 aromatic rings. The maximum atomic E-state index is 15.0. The summed E-state index contributed by atoms with van der Waals surface area (Å²) >= 11 is 0. The number of rotatable bonds is 7. The van der Waals surface area contributed by atoms with Crippen LogP contribution in [0.25, 0.3) is 10.8 Å². The average molecular weight is 275 g/mol. The van der Waals surface area contributed by atoms with Crippen molar-refractivity contribution in [2.75, 3.05) is 20.3 Å². The quantitative estimate of drug-likeness (QED) is 0.839. The van der Waals surface area contributed by atoms with Crippen LogP contribution in [0.15, 0.2) is 42.5 Å². The Morgan fingerprint density at radius 1 is 1.15 bits per heavy atom. The smallest absolute Gasteiger partial charge is 0.138 e. The van der Waals surface area contributed by atoms with Gasteiger partial charge in [-0.25, -0.2) is 4.39 Å². The summed E-state index contributed by atoms with van der Waals surface area (Å²) in [6.07, 6.45) is 1.47. The number of hydrogen-bond acceptors (Lipinski definition) is 2. The summed E-state index contributed by atoms with van der Waals surface area (Å²) in [7, 11) is 1.54. The number of methoxy groups -OCH3 is 1. The zero-order chi connectivity index (χ0) is 14.4. The Morgan fingerprint density at radius 2 is 1.90 bits per heavy atom. The normalized spacial score (nSPS) is 14.3. The van der Waals surface area contributed by atoms with E-state index in [2.05, 4.69) is 12.1 Å². The molecule has 0 aliphatic carbocycles. The maximum Gasteiger partial charge on any atom is 0.138 e. The Morgan fingerprint density at radius 3 is 2.65 bits per heavy atom. The van der Waals surface area contributed by atoms with Crippen molar-refractivity contribution in [1.29, 1.82) is 0 Å². The van der Waals surface area contributed by atoms with Crippen LogP contribution in [0.4, 0.5) is 4.39 Å². The number of halogens is 1. The number of fused-ring (bicyclic) bond motifs is 1. The van der Waals surface area contributed by atoms with Crippen LogP contribution >= 0.6 is 0 Å². The Kier molecular flexibility index (Phi) is 5.10. The molecule has 0 heterocycles. The lowest BCUT2D eigenvalue weighted by Crippen LogP contribution is -2.32. The van der Waals surface area contributed by atoms with Crippen molar-refractivity contribution in [3.63, 3.8) is 0 Å². The predicted octanol–water partition coefficient (Wildman–Crippen LogP) is 3.48. The molecule has 0 aliphatic rings. The van der Waals surface area contributed by atoms with Crippen LogP contribution < -0.4 is 5.73 Å². The fraction of sp³-hybridized carbons (Fsp3) is 0.412. The van der Waals surface area contributed by atoms with E-state index < -0.39 is 5.67 Å². The second kappa shape index (κ2) is 6.82. The molecule has 0 spiro atoms. The third-order valence-corrected chi connectivity index (χ3v) is 3.62. The van der Waals surface area contributed by atoms with Crippen LogP contribution in [-0.2, 0) is 11.2 Å². The number of alkyl halides is 1. The molecule has 20 heavy (non-hydrogen) atoms. The second-order valence-corrected chi connectivity index (χ2v) is 5.29.